The highest BCUT2D eigenvalue weighted by molar-refractivity contribution is 5.76. The summed E-state index contributed by atoms with van der Waals surface area (Å²) in [7, 11) is 1.66. The number of likely N-dealkylation sites (N-methyl/N-ethyl adjacent to an activating group) is 1. The van der Waals surface area contributed by atoms with Gasteiger partial charge in [0.05, 0.1) is 12.6 Å². The van der Waals surface area contributed by atoms with E-state index in [1.165, 1.54) is 0 Å². The summed E-state index contributed by atoms with van der Waals surface area (Å²) in [6.07, 6.45) is 0.565. The Kier molecular flexibility index (Phi) is 8.33. The zero-order valence-corrected chi connectivity index (χ0v) is 10.4. The number of nitrogens with one attached hydrogen (secondary N) is 1. The monoisotopic (exact) mass is 216 g/mol. The van der Waals surface area contributed by atoms with Crippen molar-refractivity contribution in [3.8, 4) is 0 Å². The Morgan fingerprint density at radius 2 is 2.13 bits per heavy atom. The van der Waals surface area contributed by atoms with Crippen LogP contribution in [0.4, 0.5) is 0 Å². The molecule has 0 rings (SSSR count). The Labute approximate surface area is 93.0 Å². The van der Waals surface area contributed by atoms with Crippen LogP contribution < -0.4 is 5.32 Å². The molecular formula is C11H24N2O2. The van der Waals surface area contributed by atoms with Crippen molar-refractivity contribution in [3.63, 3.8) is 0 Å². The lowest BCUT2D eigenvalue weighted by molar-refractivity contribution is -0.133. The van der Waals surface area contributed by atoms with Gasteiger partial charge in [-0.1, -0.05) is 6.92 Å². The van der Waals surface area contributed by atoms with Crippen molar-refractivity contribution in [3.05, 3.63) is 0 Å². The van der Waals surface area contributed by atoms with Crippen molar-refractivity contribution >= 4 is 5.91 Å². The van der Waals surface area contributed by atoms with Gasteiger partial charge in [-0.3, -0.25) is 4.79 Å². The van der Waals surface area contributed by atoms with E-state index in [2.05, 4.69) is 5.32 Å². The van der Waals surface area contributed by atoms with Gasteiger partial charge < -0.3 is 15.0 Å². The third kappa shape index (κ3) is 5.74. The van der Waals surface area contributed by atoms with Crippen molar-refractivity contribution in [2.75, 3.05) is 33.4 Å². The number of rotatable bonds is 8. The number of carbonyl (C=O) groups excluding carboxylic acids is 1. The molecule has 0 heterocycles. The van der Waals surface area contributed by atoms with Gasteiger partial charge in [-0.25, -0.2) is 0 Å². The van der Waals surface area contributed by atoms with Crippen molar-refractivity contribution < 1.29 is 9.53 Å². The first-order valence-corrected chi connectivity index (χ1v) is 5.66. The summed E-state index contributed by atoms with van der Waals surface area (Å²) in [5.41, 5.74) is 0. The zero-order valence-electron chi connectivity index (χ0n) is 10.4. The van der Waals surface area contributed by atoms with Gasteiger partial charge in [-0.05, 0) is 20.4 Å². The molecule has 0 aliphatic carbocycles. The fraction of sp³-hybridized carbons (Fsp3) is 0.909. The lowest BCUT2D eigenvalue weighted by atomic mass is 10.2. The lowest BCUT2D eigenvalue weighted by Crippen LogP contribution is -2.41. The molecule has 1 atom stereocenters. The van der Waals surface area contributed by atoms with Crippen LogP contribution in [0.1, 0.15) is 27.2 Å². The number of nitrogens with zero attached hydrogens (tertiary/aromatic N) is 1. The minimum Gasteiger partial charge on any atom is -0.383 e. The minimum absolute atomic E-state index is 0.161. The highest BCUT2D eigenvalue weighted by Gasteiger charge is 2.17. The first-order valence-electron chi connectivity index (χ1n) is 5.66. The number of methoxy groups -OCH3 is 1. The number of amides is 1. The molecule has 0 bridgehead atoms. The molecule has 0 saturated carbocycles. The first kappa shape index (κ1) is 14.4. The molecule has 0 aromatic rings. The van der Waals surface area contributed by atoms with Gasteiger partial charge in [-0.2, -0.15) is 0 Å². The Morgan fingerprint density at radius 3 is 2.60 bits per heavy atom. The van der Waals surface area contributed by atoms with Gasteiger partial charge in [0, 0.05) is 26.6 Å². The lowest BCUT2D eigenvalue weighted by Gasteiger charge is -2.27. The van der Waals surface area contributed by atoms with Crippen LogP contribution in [-0.4, -0.2) is 50.2 Å². The number of carbonyl (C=O) groups is 1. The summed E-state index contributed by atoms with van der Waals surface area (Å²) in [4.78, 5) is 13.7. The van der Waals surface area contributed by atoms with Crippen LogP contribution >= 0.6 is 0 Å². The molecule has 0 fully saturated rings. The molecule has 1 N–H and O–H groups in total. The van der Waals surface area contributed by atoms with Gasteiger partial charge in [0.25, 0.3) is 0 Å². The quantitative estimate of drug-likeness (QED) is 0.612. The number of hydrogen-bond acceptors (Lipinski definition) is 3. The van der Waals surface area contributed by atoms with Crippen molar-refractivity contribution in [1.82, 2.24) is 10.2 Å². The standard InChI is InChI=1S/C11H24N2O2/c1-5-12-8-7-11(14)13(6-2)10(3)9-15-4/h10,12H,5-9H2,1-4H3. The second-order valence-electron chi connectivity index (χ2n) is 3.59. The molecule has 0 aliphatic heterocycles. The van der Waals surface area contributed by atoms with E-state index in [4.69, 9.17) is 4.74 Å². The van der Waals surface area contributed by atoms with E-state index in [9.17, 15) is 4.79 Å². The molecular weight excluding hydrogens is 192 g/mol. The van der Waals surface area contributed by atoms with Gasteiger partial charge in [0.2, 0.25) is 5.91 Å². The maximum atomic E-state index is 11.8. The maximum Gasteiger partial charge on any atom is 0.224 e. The Hall–Kier alpha value is -0.610. The molecule has 15 heavy (non-hydrogen) atoms. The van der Waals surface area contributed by atoms with E-state index in [0.717, 1.165) is 19.6 Å². The smallest absolute Gasteiger partial charge is 0.224 e. The van der Waals surface area contributed by atoms with E-state index >= 15 is 0 Å². The summed E-state index contributed by atoms with van der Waals surface area (Å²) in [6, 6.07) is 0.161. The largest absolute Gasteiger partial charge is 0.383 e. The third-order valence-corrected chi connectivity index (χ3v) is 2.37. The highest BCUT2D eigenvalue weighted by atomic mass is 16.5. The van der Waals surface area contributed by atoms with E-state index in [1.807, 2.05) is 25.7 Å². The highest BCUT2D eigenvalue weighted by Crippen LogP contribution is 2.02. The summed E-state index contributed by atoms with van der Waals surface area (Å²) in [5, 5.41) is 3.15. The van der Waals surface area contributed by atoms with Crippen LogP contribution in [0.15, 0.2) is 0 Å². The van der Waals surface area contributed by atoms with Crippen molar-refractivity contribution in [1.29, 1.82) is 0 Å². The molecule has 0 radical (unpaired) electrons. The van der Waals surface area contributed by atoms with Gasteiger partial charge in [-0.15, -0.1) is 0 Å². The average Bonchev–Trinajstić information content (AvgIpc) is 2.19. The van der Waals surface area contributed by atoms with Crippen LogP contribution in [0, 0.1) is 0 Å². The fourth-order valence-corrected chi connectivity index (χ4v) is 1.58. The number of ether oxygens (including phenoxy) is 1. The molecule has 4 heteroatoms. The molecule has 0 aromatic carbocycles. The predicted octanol–water partition coefficient (Wildman–Crippen LogP) is 0.869. The van der Waals surface area contributed by atoms with E-state index < -0.39 is 0 Å². The second kappa shape index (κ2) is 8.68. The van der Waals surface area contributed by atoms with Crippen LogP contribution in [0.5, 0.6) is 0 Å². The van der Waals surface area contributed by atoms with E-state index in [1.54, 1.807) is 7.11 Å². The van der Waals surface area contributed by atoms with Crippen molar-refractivity contribution in [2.45, 2.75) is 33.2 Å². The van der Waals surface area contributed by atoms with Gasteiger partial charge in [0.15, 0.2) is 0 Å². The summed E-state index contributed by atoms with van der Waals surface area (Å²) >= 11 is 0. The Bertz CT molecular complexity index is 174. The van der Waals surface area contributed by atoms with Crippen LogP contribution in [0.3, 0.4) is 0 Å². The predicted molar refractivity (Wildman–Crippen MR) is 61.9 cm³/mol. The molecule has 0 spiro atoms. The SMILES string of the molecule is CCNCCC(=O)N(CC)C(C)COC. The normalized spacial score (nSPS) is 12.5. The molecule has 1 unspecified atom stereocenters. The van der Waals surface area contributed by atoms with E-state index in [-0.39, 0.29) is 11.9 Å². The van der Waals surface area contributed by atoms with Gasteiger partial charge >= 0.3 is 0 Å². The Balaban J connectivity index is 3.97. The van der Waals surface area contributed by atoms with Crippen LogP contribution in [0.25, 0.3) is 0 Å². The van der Waals surface area contributed by atoms with Crippen LogP contribution in [0.2, 0.25) is 0 Å². The Morgan fingerprint density at radius 1 is 1.47 bits per heavy atom. The van der Waals surface area contributed by atoms with Crippen LogP contribution in [-0.2, 0) is 9.53 Å². The maximum absolute atomic E-state index is 11.8. The first-order chi connectivity index (χ1) is 7.17. The molecule has 4 nitrogen and oxygen atoms in total. The second-order valence-corrected chi connectivity index (χ2v) is 3.59. The zero-order chi connectivity index (χ0) is 11.7. The summed E-state index contributed by atoms with van der Waals surface area (Å²) in [5.74, 6) is 0.197. The molecule has 0 aromatic heterocycles. The molecule has 0 aliphatic rings. The summed E-state index contributed by atoms with van der Waals surface area (Å²) < 4.78 is 5.05. The topological polar surface area (TPSA) is 41.6 Å². The third-order valence-electron chi connectivity index (χ3n) is 2.37. The average molecular weight is 216 g/mol. The molecule has 0 saturated heterocycles. The number of hydrogen-bond donors (Lipinski definition) is 1. The fourth-order valence-electron chi connectivity index (χ4n) is 1.58. The van der Waals surface area contributed by atoms with Gasteiger partial charge in [0.1, 0.15) is 0 Å². The molecule has 90 valence electrons. The molecule has 1 amide bonds. The van der Waals surface area contributed by atoms with Crippen molar-refractivity contribution in [2.24, 2.45) is 0 Å². The summed E-state index contributed by atoms with van der Waals surface area (Å²) in [6.45, 7) is 9.06. The minimum atomic E-state index is 0.161. The van der Waals surface area contributed by atoms with E-state index in [0.29, 0.717) is 13.0 Å².